The van der Waals surface area contributed by atoms with Gasteiger partial charge in [0.1, 0.15) is 0 Å². The van der Waals surface area contributed by atoms with E-state index in [0.717, 1.165) is 45.6 Å². The Labute approximate surface area is 126 Å². The molecular formula is C14H25N3O2S. The molecule has 1 heterocycles. The number of carbonyl (C=O) groups is 2. The Morgan fingerprint density at radius 3 is 2.40 bits per heavy atom. The third-order valence-corrected chi connectivity index (χ3v) is 4.45. The molecular weight excluding hydrogens is 274 g/mol. The van der Waals surface area contributed by atoms with Crippen LogP contribution in [-0.2, 0) is 9.59 Å². The van der Waals surface area contributed by atoms with Crippen molar-refractivity contribution in [2.45, 2.75) is 25.7 Å². The molecule has 6 heteroatoms. The van der Waals surface area contributed by atoms with Crippen LogP contribution in [0.15, 0.2) is 0 Å². The molecule has 0 atom stereocenters. The summed E-state index contributed by atoms with van der Waals surface area (Å²) >= 11 is 4.03. The summed E-state index contributed by atoms with van der Waals surface area (Å²) in [5.41, 5.74) is 0. The van der Waals surface area contributed by atoms with E-state index in [1.54, 1.807) is 0 Å². The molecule has 0 spiro atoms. The topological polar surface area (TPSA) is 52.7 Å². The highest BCUT2D eigenvalue weighted by Crippen LogP contribution is 2.28. The molecule has 0 aromatic carbocycles. The predicted octanol–water partition coefficient (Wildman–Crippen LogP) is 0.367. The van der Waals surface area contributed by atoms with Crippen LogP contribution in [0.4, 0.5) is 0 Å². The molecule has 0 unspecified atom stereocenters. The highest BCUT2D eigenvalue weighted by Gasteiger charge is 2.30. The first-order chi connectivity index (χ1) is 9.70. The van der Waals surface area contributed by atoms with Crippen LogP contribution in [0.3, 0.4) is 0 Å². The molecule has 114 valence electrons. The number of nitrogens with zero attached hydrogens (tertiary/aromatic N) is 2. The Morgan fingerprint density at radius 2 is 1.85 bits per heavy atom. The van der Waals surface area contributed by atoms with Crippen molar-refractivity contribution in [2.24, 2.45) is 5.92 Å². The number of carbonyl (C=O) groups excluding carboxylic acids is 2. The summed E-state index contributed by atoms with van der Waals surface area (Å²) in [4.78, 5) is 27.7. The fourth-order valence-corrected chi connectivity index (χ4v) is 2.85. The van der Waals surface area contributed by atoms with Crippen molar-refractivity contribution in [3.05, 3.63) is 0 Å². The standard InChI is InChI=1S/C14H25N3O2S/c18-13(4-11-20)15-5-6-16-7-9-17(10-8-16)14(19)12-2-1-3-12/h12,20H,1-11H2,(H,15,18). The van der Waals surface area contributed by atoms with Gasteiger partial charge in [-0.25, -0.2) is 0 Å². The minimum Gasteiger partial charge on any atom is -0.355 e. The van der Waals surface area contributed by atoms with Crippen LogP contribution in [-0.4, -0.2) is 66.6 Å². The van der Waals surface area contributed by atoms with Gasteiger partial charge in [0.2, 0.25) is 11.8 Å². The van der Waals surface area contributed by atoms with Crippen LogP contribution < -0.4 is 5.32 Å². The molecule has 0 aromatic heterocycles. The van der Waals surface area contributed by atoms with E-state index < -0.39 is 0 Å². The number of piperazine rings is 1. The number of nitrogens with one attached hydrogen (secondary N) is 1. The van der Waals surface area contributed by atoms with E-state index in [-0.39, 0.29) is 5.91 Å². The molecule has 5 nitrogen and oxygen atoms in total. The number of hydrogen-bond donors (Lipinski definition) is 2. The number of rotatable bonds is 6. The van der Waals surface area contributed by atoms with Crippen molar-refractivity contribution in [1.82, 2.24) is 15.1 Å². The van der Waals surface area contributed by atoms with E-state index in [9.17, 15) is 9.59 Å². The molecule has 1 N–H and O–H groups in total. The monoisotopic (exact) mass is 299 g/mol. The quantitative estimate of drug-likeness (QED) is 0.697. The van der Waals surface area contributed by atoms with Crippen LogP contribution in [0, 0.1) is 5.92 Å². The van der Waals surface area contributed by atoms with Crippen LogP contribution in [0.25, 0.3) is 0 Å². The second kappa shape index (κ2) is 7.88. The summed E-state index contributed by atoms with van der Waals surface area (Å²) in [5, 5.41) is 2.89. The van der Waals surface area contributed by atoms with Crippen LogP contribution in [0.5, 0.6) is 0 Å². The zero-order valence-electron chi connectivity index (χ0n) is 12.0. The summed E-state index contributed by atoms with van der Waals surface area (Å²) in [6, 6.07) is 0. The fraction of sp³-hybridized carbons (Fsp3) is 0.857. The Kier molecular flexibility index (Phi) is 6.16. The lowest BCUT2D eigenvalue weighted by molar-refractivity contribution is -0.139. The van der Waals surface area contributed by atoms with Gasteiger partial charge < -0.3 is 10.2 Å². The Bertz CT molecular complexity index is 339. The third kappa shape index (κ3) is 4.38. The molecule has 20 heavy (non-hydrogen) atoms. The first-order valence-electron chi connectivity index (χ1n) is 7.59. The second-order valence-electron chi connectivity index (χ2n) is 5.62. The zero-order chi connectivity index (χ0) is 14.4. The molecule has 2 amide bonds. The van der Waals surface area contributed by atoms with Gasteiger partial charge in [-0.05, 0) is 18.6 Å². The first-order valence-corrected chi connectivity index (χ1v) is 8.22. The largest absolute Gasteiger partial charge is 0.355 e. The fourth-order valence-electron chi connectivity index (χ4n) is 2.65. The Balaban J connectivity index is 1.59. The van der Waals surface area contributed by atoms with Crippen molar-refractivity contribution >= 4 is 24.4 Å². The maximum absolute atomic E-state index is 12.1. The lowest BCUT2D eigenvalue weighted by Crippen LogP contribution is -2.52. The first kappa shape index (κ1) is 15.6. The van der Waals surface area contributed by atoms with Gasteiger partial charge in [-0.15, -0.1) is 0 Å². The van der Waals surface area contributed by atoms with E-state index >= 15 is 0 Å². The van der Waals surface area contributed by atoms with E-state index in [1.807, 2.05) is 4.90 Å². The van der Waals surface area contributed by atoms with Crippen molar-refractivity contribution in [1.29, 1.82) is 0 Å². The highest BCUT2D eigenvalue weighted by atomic mass is 32.1. The third-order valence-electron chi connectivity index (χ3n) is 4.23. The van der Waals surface area contributed by atoms with Gasteiger partial charge in [-0.1, -0.05) is 6.42 Å². The number of thiol groups is 1. The van der Waals surface area contributed by atoms with Gasteiger partial charge in [0.15, 0.2) is 0 Å². The smallest absolute Gasteiger partial charge is 0.225 e. The van der Waals surface area contributed by atoms with Crippen molar-refractivity contribution in [3.8, 4) is 0 Å². The van der Waals surface area contributed by atoms with Crippen LogP contribution in [0.2, 0.25) is 0 Å². The van der Waals surface area contributed by atoms with E-state index in [0.29, 0.717) is 30.5 Å². The summed E-state index contributed by atoms with van der Waals surface area (Å²) in [6.45, 7) is 5.05. The maximum Gasteiger partial charge on any atom is 0.225 e. The lowest BCUT2D eigenvalue weighted by atomic mass is 9.84. The SMILES string of the molecule is O=C(CCS)NCCN1CCN(C(=O)C2CCC2)CC1. The molecule has 1 saturated carbocycles. The molecule has 0 aromatic rings. The van der Waals surface area contributed by atoms with Crippen molar-refractivity contribution in [3.63, 3.8) is 0 Å². The lowest BCUT2D eigenvalue weighted by Gasteiger charge is -2.38. The molecule has 1 aliphatic heterocycles. The maximum atomic E-state index is 12.1. The van der Waals surface area contributed by atoms with Crippen LogP contribution in [0.1, 0.15) is 25.7 Å². The predicted molar refractivity (Wildman–Crippen MR) is 81.8 cm³/mol. The average molecular weight is 299 g/mol. The van der Waals surface area contributed by atoms with Gasteiger partial charge in [0, 0.05) is 51.6 Å². The molecule has 2 rings (SSSR count). The van der Waals surface area contributed by atoms with E-state index in [2.05, 4.69) is 22.8 Å². The van der Waals surface area contributed by atoms with Crippen molar-refractivity contribution in [2.75, 3.05) is 45.0 Å². The molecule has 0 radical (unpaired) electrons. The average Bonchev–Trinajstić information content (AvgIpc) is 2.38. The highest BCUT2D eigenvalue weighted by molar-refractivity contribution is 7.80. The van der Waals surface area contributed by atoms with Gasteiger partial charge in [-0.3, -0.25) is 14.5 Å². The van der Waals surface area contributed by atoms with Gasteiger partial charge >= 0.3 is 0 Å². The van der Waals surface area contributed by atoms with Crippen molar-refractivity contribution < 1.29 is 9.59 Å². The Hall–Kier alpha value is -0.750. The minimum atomic E-state index is 0.0683. The van der Waals surface area contributed by atoms with Gasteiger partial charge in [0.25, 0.3) is 0 Å². The summed E-state index contributed by atoms with van der Waals surface area (Å²) in [5.74, 6) is 1.33. The van der Waals surface area contributed by atoms with Gasteiger partial charge in [-0.2, -0.15) is 12.6 Å². The van der Waals surface area contributed by atoms with Gasteiger partial charge in [0.05, 0.1) is 0 Å². The normalized spacial score (nSPS) is 20.6. The Morgan fingerprint density at radius 1 is 1.15 bits per heavy atom. The minimum absolute atomic E-state index is 0.0683. The van der Waals surface area contributed by atoms with E-state index in [1.165, 1.54) is 6.42 Å². The molecule has 2 aliphatic rings. The van der Waals surface area contributed by atoms with Crippen LogP contribution >= 0.6 is 12.6 Å². The number of amides is 2. The summed E-state index contributed by atoms with van der Waals surface area (Å²) in [6.07, 6.45) is 3.85. The molecule has 1 saturated heterocycles. The molecule has 1 aliphatic carbocycles. The molecule has 2 fully saturated rings. The molecule has 0 bridgehead atoms. The second-order valence-corrected chi connectivity index (χ2v) is 6.07. The summed E-state index contributed by atoms with van der Waals surface area (Å²) < 4.78 is 0. The van der Waals surface area contributed by atoms with E-state index in [4.69, 9.17) is 0 Å². The zero-order valence-corrected chi connectivity index (χ0v) is 12.9. The number of hydrogen-bond acceptors (Lipinski definition) is 4. The summed E-state index contributed by atoms with van der Waals surface area (Å²) in [7, 11) is 0.